The van der Waals surface area contributed by atoms with Crippen LogP contribution in [0.5, 0.6) is 0 Å². The maximum absolute atomic E-state index is 12.4. The van der Waals surface area contributed by atoms with Gasteiger partial charge in [-0.1, -0.05) is 60.2 Å². The maximum atomic E-state index is 12.4. The summed E-state index contributed by atoms with van der Waals surface area (Å²) in [5.41, 5.74) is 7.93. The van der Waals surface area contributed by atoms with E-state index in [9.17, 15) is 9.59 Å². The predicted molar refractivity (Wildman–Crippen MR) is 108 cm³/mol. The van der Waals surface area contributed by atoms with Crippen molar-refractivity contribution in [2.24, 2.45) is 0 Å². The van der Waals surface area contributed by atoms with Crippen LogP contribution >= 0.6 is 11.3 Å². The van der Waals surface area contributed by atoms with Crippen molar-refractivity contribution < 1.29 is 9.59 Å². The summed E-state index contributed by atoms with van der Waals surface area (Å²) in [7, 11) is 0. The van der Waals surface area contributed by atoms with Crippen LogP contribution in [0.4, 0.5) is 4.79 Å². The molecule has 1 aromatic heterocycles. The predicted octanol–water partition coefficient (Wildman–Crippen LogP) is 4.10. The lowest BCUT2D eigenvalue weighted by molar-refractivity contribution is 0.0940. The number of hydrogen-bond donors (Lipinski definition) is 3. The lowest BCUT2D eigenvalue weighted by Gasteiger charge is -2.20. The molecule has 5 nitrogen and oxygen atoms in total. The van der Waals surface area contributed by atoms with Gasteiger partial charge < -0.3 is 5.32 Å². The fraction of sp³-hybridized carbons (Fsp3) is 0.143. The molecule has 3 N–H and O–H groups in total. The molecule has 1 heterocycles. The molecule has 0 aliphatic carbocycles. The summed E-state index contributed by atoms with van der Waals surface area (Å²) in [6.07, 6.45) is 0. The minimum Gasteiger partial charge on any atom is -0.326 e. The van der Waals surface area contributed by atoms with Crippen molar-refractivity contribution in [1.29, 1.82) is 0 Å². The van der Waals surface area contributed by atoms with Crippen LogP contribution in [0, 0.1) is 13.8 Å². The van der Waals surface area contributed by atoms with Gasteiger partial charge in [0.15, 0.2) is 0 Å². The van der Waals surface area contributed by atoms with E-state index in [1.54, 1.807) is 6.07 Å². The summed E-state index contributed by atoms with van der Waals surface area (Å²) >= 11 is 1.37. The monoisotopic (exact) mass is 379 g/mol. The van der Waals surface area contributed by atoms with E-state index in [1.807, 2.05) is 74.5 Å². The van der Waals surface area contributed by atoms with Crippen LogP contribution in [-0.4, -0.2) is 11.9 Å². The lowest BCUT2D eigenvalue weighted by Crippen LogP contribution is -2.47. The quantitative estimate of drug-likeness (QED) is 0.597. The smallest absolute Gasteiger partial charge is 0.326 e. The third kappa shape index (κ3) is 4.95. The number of rotatable bonds is 4. The van der Waals surface area contributed by atoms with Gasteiger partial charge >= 0.3 is 6.03 Å². The van der Waals surface area contributed by atoms with Gasteiger partial charge in [0.25, 0.3) is 5.91 Å². The van der Waals surface area contributed by atoms with E-state index >= 15 is 0 Å². The number of thiophene rings is 1. The first-order valence-corrected chi connectivity index (χ1v) is 9.39. The summed E-state index contributed by atoms with van der Waals surface area (Å²) in [6.45, 7) is 3.94. The molecule has 0 saturated carbocycles. The van der Waals surface area contributed by atoms with Gasteiger partial charge in [-0.15, -0.1) is 11.3 Å². The van der Waals surface area contributed by atoms with E-state index < -0.39 is 6.03 Å². The van der Waals surface area contributed by atoms with E-state index in [0.29, 0.717) is 4.88 Å². The van der Waals surface area contributed by atoms with Gasteiger partial charge in [-0.3, -0.25) is 10.2 Å². The molecule has 1 atom stereocenters. The van der Waals surface area contributed by atoms with Gasteiger partial charge in [-0.2, -0.15) is 0 Å². The summed E-state index contributed by atoms with van der Waals surface area (Å²) in [5, 5.41) is 2.92. The van der Waals surface area contributed by atoms with Crippen molar-refractivity contribution in [3.05, 3.63) is 93.2 Å². The molecule has 138 valence electrons. The van der Waals surface area contributed by atoms with Gasteiger partial charge in [0, 0.05) is 4.88 Å². The highest BCUT2D eigenvalue weighted by Crippen LogP contribution is 2.22. The Labute approximate surface area is 162 Å². The molecule has 1 unspecified atom stereocenters. The average molecular weight is 379 g/mol. The first-order chi connectivity index (χ1) is 13.0. The Bertz CT molecular complexity index is 920. The SMILES string of the molecule is Cc1ccc(C(NC(=O)NNC(=O)c2ccc(C)s2)c2ccccc2)cc1. The van der Waals surface area contributed by atoms with Crippen LogP contribution in [0.15, 0.2) is 66.7 Å². The van der Waals surface area contributed by atoms with Crippen molar-refractivity contribution >= 4 is 23.3 Å². The number of aryl methyl sites for hydroxylation is 2. The third-order valence-corrected chi connectivity index (χ3v) is 5.07. The Morgan fingerprint density at radius 3 is 2.11 bits per heavy atom. The normalized spacial score (nSPS) is 11.5. The van der Waals surface area contributed by atoms with Crippen molar-refractivity contribution in [3.8, 4) is 0 Å². The largest absolute Gasteiger partial charge is 0.334 e. The Balaban J connectivity index is 1.69. The van der Waals surface area contributed by atoms with Crippen molar-refractivity contribution in [3.63, 3.8) is 0 Å². The first kappa shape index (κ1) is 18.7. The number of hydrogen-bond acceptors (Lipinski definition) is 3. The minimum absolute atomic E-state index is 0.326. The van der Waals surface area contributed by atoms with Crippen LogP contribution in [0.3, 0.4) is 0 Å². The molecule has 0 fully saturated rings. The Morgan fingerprint density at radius 1 is 0.815 bits per heavy atom. The zero-order valence-electron chi connectivity index (χ0n) is 15.2. The van der Waals surface area contributed by atoms with Crippen LogP contribution < -0.4 is 16.2 Å². The Morgan fingerprint density at radius 2 is 1.48 bits per heavy atom. The molecule has 27 heavy (non-hydrogen) atoms. The van der Waals surface area contributed by atoms with E-state index in [1.165, 1.54) is 11.3 Å². The maximum Gasteiger partial charge on any atom is 0.334 e. The van der Waals surface area contributed by atoms with Crippen LogP contribution in [-0.2, 0) is 0 Å². The summed E-state index contributed by atoms with van der Waals surface area (Å²) in [6, 6.07) is 20.5. The van der Waals surface area contributed by atoms with Crippen LogP contribution in [0.25, 0.3) is 0 Å². The molecule has 3 rings (SSSR count). The lowest BCUT2D eigenvalue weighted by atomic mass is 9.98. The molecule has 0 aliphatic heterocycles. The van der Waals surface area contributed by atoms with E-state index in [2.05, 4.69) is 16.2 Å². The number of carbonyl (C=O) groups is 2. The van der Waals surface area contributed by atoms with Gasteiger partial charge in [0.05, 0.1) is 10.9 Å². The Hall–Kier alpha value is -3.12. The van der Waals surface area contributed by atoms with E-state index in [-0.39, 0.29) is 11.9 Å². The molecule has 0 spiro atoms. The topological polar surface area (TPSA) is 70.2 Å². The summed E-state index contributed by atoms with van der Waals surface area (Å²) < 4.78 is 0. The highest BCUT2D eigenvalue weighted by Gasteiger charge is 2.17. The van der Waals surface area contributed by atoms with Gasteiger partial charge in [0.2, 0.25) is 0 Å². The zero-order chi connectivity index (χ0) is 19.2. The second kappa shape index (κ2) is 8.51. The molecule has 3 aromatic rings. The number of nitrogens with one attached hydrogen (secondary N) is 3. The number of benzene rings is 2. The zero-order valence-corrected chi connectivity index (χ0v) is 16.0. The van der Waals surface area contributed by atoms with Crippen molar-refractivity contribution in [2.75, 3.05) is 0 Å². The van der Waals surface area contributed by atoms with E-state index in [0.717, 1.165) is 21.6 Å². The molecule has 6 heteroatoms. The van der Waals surface area contributed by atoms with Crippen LogP contribution in [0.1, 0.15) is 37.3 Å². The summed E-state index contributed by atoms with van der Waals surface area (Å²) in [4.78, 5) is 26.0. The molecular formula is C21H21N3O2S. The molecule has 2 aromatic carbocycles. The standard InChI is InChI=1S/C21H21N3O2S/c1-14-8-11-17(12-9-14)19(16-6-4-3-5-7-16)22-21(26)24-23-20(25)18-13-10-15(2)27-18/h3-13,19H,1-2H3,(H,23,25)(H2,22,24,26). The Kier molecular flexibility index (Phi) is 5.88. The molecule has 0 bridgehead atoms. The third-order valence-electron chi connectivity index (χ3n) is 4.07. The highest BCUT2D eigenvalue weighted by molar-refractivity contribution is 7.13. The minimum atomic E-state index is -0.481. The first-order valence-electron chi connectivity index (χ1n) is 8.58. The van der Waals surface area contributed by atoms with Gasteiger partial charge in [-0.05, 0) is 37.1 Å². The van der Waals surface area contributed by atoms with Gasteiger partial charge in [-0.25, -0.2) is 10.2 Å². The molecule has 3 amide bonds. The van der Waals surface area contributed by atoms with Crippen molar-refractivity contribution in [2.45, 2.75) is 19.9 Å². The van der Waals surface area contributed by atoms with Crippen LogP contribution in [0.2, 0.25) is 0 Å². The molecular weight excluding hydrogens is 358 g/mol. The summed E-state index contributed by atoms with van der Waals surface area (Å²) in [5.74, 6) is -0.338. The molecule has 0 aliphatic rings. The van der Waals surface area contributed by atoms with Crippen molar-refractivity contribution in [1.82, 2.24) is 16.2 Å². The van der Waals surface area contributed by atoms with Gasteiger partial charge in [0.1, 0.15) is 0 Å². The number of carbonyl (C=O) groups excluding carboxylic acids is 2. The second-order valence-electron chi connectivity index (χ2n) is 6.22. The second-order valence-corrected chi connectivity index (χ2v) is 7.51. The molecule has 0 saturated heterocycles. The highest BCUT2D eigenvalue weighted by atomic mass is 32.1. The fourth-order valence-corrected chi connectivity index (χ4v) is 3.43. The number of amides is 3. The van der Waals surface area contributed by atoms with E-state index in [4.69, 9.17) is 0 Å². The fourth-order valence-electron chi connectivity index (χ4n) is 2.66. The number of urea groups is 1. The number of hydrazine groups is 1. The average Bonchev–Trinajstić information content (AvgIpc) is 3.12. The molecule has 0 radical (unpaired) electrons.